The van der Waals surface area contributed by atoms with Gasteiger partial charge in [0.1, 0.15) is 12.1 Å². The van der Waals surface area contributed by atoms with Gasteiger partial charge in [0, 0.05) is 30.9 Å². The number of nitrogens with two attached hydrogens (primary N) is 1. The van der Waals surface area contributed by atoms with Gasteiger partial charge in [0.2, 0.25) is 0 Å². The quantitative estimate of drug-likeness (QED) is 0.305. The van der Waals surface area contributed by atoms with Gasteiger partial charge in [-0.3, -0.25) is 4.79 Å². The van der Waals surface area contributed by atoms with Crippen molar-refractivity contribution in [1.82, 2.24) is 15.0 Å². The Morgan fingerprint density at radius 2 is 1.59 bits per heavy atom. The Morgan fingerprint density at radius 1 is 0.941 bits per heavy atom. The van der Waals surface area contributed by atoms with Crippen LogP contribution in [0.5, 0.6) is 0 Å². The molecule has 0 saturated carbocycles. The van der Waals surface area contributed by atoms with Gasteiger partial charge in [-0.25, -0.2) is 15.0 Å². The molecule has 0 atom stereocenters. The van der Waals surface area contributed by atoms with Crippen LogP contribution in [-0.4, -0.2) is 34.8 Å². The average molecular weight is 452 g/mol. The molecule has 0 unspecified atom stereocenters. The minimum Gasteiger partial charge on any atom is -0.383 e. The third-order valence-electron chi connectivity index (χ3n) is 5.53. The predicted molar refractivity (Wildman–Crippen MR) is 140 cm³/mol. The average Bonchev–Trinajstić information content (AvgIpc) is 2.81. The van der Waals surface area contributed by atoms with E-state index in [0.29, 0.717) is 22.4 Å². The molecule has 0 saturated heterocycles. The number of allylic oxidation sites excluding steroid dienone is 2. The minimum absolute atomic E-state index is 0.0226. The first kappa shape index (κ1) is 23.1. The Morgan fingerprint density at radius 3 is 2.21 bits per heavy atom. The number of hydrogen-bond donors (Lipinski definition) is 1. The Bertz CT molecular complexity index is 1370. The molecule has 4 aromatic rings. The highest BCUT2D eigenvalue weighted by Crippen LogP contribution is 2.34. The fourth-order valence-electron chi connectivity index (χ4n) is 3.63. The maximum atomic E-state index is 12.6. The van der Waals surface area contributed by atoms with Crippen molar-refractivity contribution in [2.45, 2.75) is 20.8 Å². The van der Waals surface area contributed by atoms with Crippen LogP contribution in [0.2, 0.25) is 0 Å². The Balaban J connectivity index is 1.78. The van der Waals surface area contributed by atoms with E-state index in [1.54, 1.807) is 6.08 Å². The van der Waals surface area contributed by atoms with Gasteiger partial charge in [-0.15, -0.1) is 0 Å². The number of hydrogen-bond acceptors (Lipinski definition) is 6. The number of anilines is 2. The van der Waals surface area contributed by atoms with E-state index in [0.717, 1.165) is 28.1 Å². The summed E-state index contributed by atoms with van der Waals surface area (Å²) in [5.74, 6) is 0.348. The summed E-state index contributed by atoms with van der Waals surface area (Å²) in [6, 6.07) is 17.7. The van der Waals surface area contributed by atoms with Crippen molar-refractivity contribution in [2.75, 3.05) is 24.7 Å². The summed E-state index contributed by atoms with van der Waals surface area (Å²) < 4.78 is 0. The van der Waals surface area contributed by atoms with Crippen molar-refractivity contribution >= 4 is 28.3 Å². The molecule has 0 radical (unpaired) electrons. The second kappa shape index (κ2) is 9.06. The third-order valence-corrected chi connectivity index (χ3v) is 5.53. The first-order valence-corrected chi connectivity index (χ1v) is 11.2. The number of carbonyl (C=O) groups is 1. The van der Waals surface area contributed by atoms with Crippen LogP contribution in [0.3, 0.4) is 0 Å². The van der Waals surface area contributed by atoms with Gasteiger partial charge in [-0.2, -0.15) is 0 Å². The van der Waals surface area contributed by atoms with E-state index in [4.69, 9.17) is 10.7 Å². The molecule has 172 valence electrons. The zero-order chi connectivity index (χ0) is 24.5. The van der Waals surface area contributed by atoms with E-state index in [1.165, 1.54) is 6.33 Å². The highest BCUT2D eigenvalue weighted by Gasteiger charge is 2.15. The van der Waals surface area contributed by atoms with Crippen LogP contribution in [0.15, 0.2) is 73.1 Å². The van der Waals surface area contributed by atoms with Crippen molar-refractivity contribution in [1.29, 1.82) is 0 Å². The molecule has 0 aliphatic carbocycles. The number of carbonyl (C=O) groups excluding carboxylic acids is 1. The molecular weight excluding hydrogens is 422 g/mol. The summed E-state index contributed by atoms with van der Waals surface area (Å²) in [5.41, 5.74) is 12.0. The standard InChI is InChI=1S/C28H29N5O/c1-28(2,3)15-14-24(34)20-8-6-18(7-9-20)22-16-23(19-10-12-21(13-11-19)33(4)5)32-27-25(22)26(29)30-17-31-27/h6-17H,1-5H3,(H2,29,30,31,32). The fourth-order valence-corrected chi connectivity index (χ4v) is 3.63. The van der Waals surface area contributed by atoms with E-state index in [9.17, 15) is 4.79 Å². The minimum atomic E-state index is -0.0514. The van der Waals surface area contributed by atoms with Crippen molar-refractivity contribution < 1.29 is 4.79 Å². The van der Waals surface area contributed by atoms with E-state index < -0.39 is 0 Å². The van der Waals surface area contributed by atoms with Gasteiger partial charge in [-0.1, -0.05) is 63.2 Å². The van der Waals surface area contributed by atoms with Crippen molar-refractivity contribution in [3.63, 3.8) is 0 Å². The van der Waals surface area contributed by atoms with Gasteiger partial charge in [0.25, 0.3) is 0 Å². The zero-order valence-corrected chi connectivity index (χ0v) is 20.2. The largest absolute Gasteiger partial charge is 0.383 e. The summed E-state index contributed by atoms with van der Waals surface area (Å²) in [6.45, 7) is 6.19. The fraction of sp³-hybridized carbons (Fsp3) is 0.214. The van der Waals surface area contributed by atoms with E-state index in [1.807, 2.05) is 62.6 Å². The lowest BCUT2D eigenvalue weighted by atomic mass is 9.94. The molecule has 0 fully saturated rings. The lowest BCUT2D eigenvalue weighted by Gasteiger charge is -2.14. The van der Waals surface area contributed by atoms with Crippen LogP contribution in [-0.2, 0) is 0 Å². The summed E-state index contributed by atoms with van der Waals surface area (Å²) in [5, 5.41) is 0.697. The van der Waals surface area contributed by atoms with Gasteiger partial charge < -0.3 is 10.6 Å². The van der Waals surface area contributed by atoms with E-state index in [-0.39, 0.29) is 11.2 Å². The van der Waals surface area contributed by atoms with Gasteiger partial charge in [-0.05, 0) is 40.8 Å². The molecule has 4 rings (SSSR count). The van der Waals surface area contributed by atoms with Gasteiger partial charge in [0.05, 0.1) is 11.1 Å². The molecule has 6 heteroatoms. The number of pyridine rings is 1. The molecular formula is C28H29N5O. The first-order chi connectivity index (χ1) is 16.1. The van der Waals surface area contributed by atoms with E-state index >= 15 is 0 Å². The number of aromatic nitrogens is 3. The predicted octanol–water partition coefficient (Wildman–Crippen LogP) is 5.79. The van der Waals surface area contributed by atoms with Crippen LogP contribution in [0.4, 0.5) is 11.5 Å². The number of ketones is 1. The molecule has 2 heterocycles. The number of rotatable bonds is 5. The Hall–Kier alpha value is -4.06. The van der Waals surface area contributed by atoms with Crippen molar-refractivity contribution in [3.05, 3.63) is 78.6 Å². The number of benzene rings is 2. The number of nitrogen functional groups attached to an aromatic ring is 1. The molecule has 2 N–H and O–H groups in total. The second-order valence-corrected chi connectivity index (χ2v) is 9.59. The molecule has 0 spiro atoms. The van der Waals surface area contributed by atoms with Gasteiger partial charge >= 0.3 is 0 Å². The van der Waals surface area contributed by atoms with Crippen molar-refractivity contribution in [2.24, 2.45) is 5.41 Å². The lowest BCUT2D eigenvalue weighted by molar-refractivity contribution is 0.104. The molecule has 0 aliphatic heterocycles. The van der Waals surface area contributed by atoms with Crippen LogP contribution in [0, 0.1) is 5.41 Å². The Kier molecular flexibility index (Phi) is 6.16. The summed E-state index contributed by atoms with van der Waals surface area (Å²) in [7, 11) is 4.02. The Labute approximate surface area is 200 Å². The monoisotopic (exact) mass is 451 g/mol. The molecule has 34 heavy (non-hydrogen) atoms. The van der Waals surface area contributed by atoms with Crippen LogP contribution >= 0.6 is 0 Å². The molecule has 2 aromatic heterocycles. The molecule has 0 aliphatic rings. The smallest absolute Gasteiger partial charge is 0.185 e. The van der Waals surface area contributed by atoms with Crippen LogP contribution in [0.1, 0.15) is 31.1 Å². The normalized spacial score (nSPS) is 11.8. The molecule has 2 aromatic carbocycles. The van der Waals surface area contributed by atoms with Crippen LogP contribution in [0.25, 0.3) is 33.4 Å². The van der Waals surface area contributed by atoms with E-state index in [2.05, 4.69) is 47.8 Å². The summed E-state index contributed by atoms with van der Waals surface area (Å²) >= 11 is 0. The second-order valence-electron chi connectivity index (χ2n) is 9.59. The number of fused-ring (bicyclic) bond motifs is 1. The molecule has 6 nitrogen and oxygen atoms in total. The first-order valence-electron chi connectivity index (χ1n) is 11.2. The van der Waals surface area contributed by atoms with Crippen LogP contribution < -0.4 is 10.6 Å². The number of nitrogens with zero attached hydrogens (tertiary/aromatic N) is 4. The maximum absolute atomic E-state index is 12.6. The zero-order valence-electron chi connectivity index (χ0n) is 20.2. The SMILES string of the molecule is CN(C)c1ccc(-c2cc(-c3ccc(C(=O)C=CC(C)(C)C)cc3)c3c(N)ncnc3n2)cc1. The lowest BCUT2D eigenvalue weighted by Crippen LogP contribution is -2.08. The maximum Gasteiger partial charge on any atom is 0.185 e. The van der Waals surface area contributed by atoms with Crippen molar-refractivity contribution in [3.8, 4) is 22.4 Å². The topological polar surface area (TPSA) is 85.0 Å². The molecule has 0 bridgehead atoms. The highest BCUT2D eigenvalue weighted by molar-refractivity contribution is 6.05. The molecule has 0 amide bonds. The summed E-state index contributed by atoms with van der Waals surface area (Å²) in [6.07, 6.45) is 4.99. The summed E-state index contributed by atoms with van der Waals surface area (Å²) in [4.78, 5) is 27.9. The third kappa shape index (κ3) is 4.96. The highest BCUT2D eigenvalue weighted by atomic mass is 16.1. The van der Waals surface area contributed by atoms with Gasteiger partial charge in [0.15, 0.2) is 11.4 Å².